The van der Waals surface area contributed by atoms with Crippen molar-refractivity contribution in [2.75, 3.05) is 20.7 Å². The molecule has 3 rings (SSSR count). The first-order valence-corrected chi connectivity index (χ1v) is 9.22. The molecule has 1 N–H and O–H groups in total. The number of hydrogen-bond donors (Lipinski definition) is 1. The molecule has 2 aliphatic rings. The number of rotatable bonds is 8. The van der Waals surface area contributed by atoms with Gasteiger partial charge in [0.15, 0.2) is 11.5 Å². The van der Waals surface area contributed by atoms with Crippen LogP contribution in [0.3, 0.4) is 0 Å². The van der Waals surface area contributed by atoms with Gasteiger partial charge in [-0.25, -0.2) is 0 Å². The molecule has 0 spiro atoms. The minimum Gasteiger partial charge on any atom is -0.493 e. The molecule has 28 heavy (non-hydrogen) atoms. The average Bonchev–Trinajstić information content (AvgIpc) is 2.93. The quantitative estimate of drug-likeness (QED) is 0.542. The highest BCUT2D eigenvalue weighted by atomic mass is 16.6. The smallest absolute Gasteiger partial charge is 0.306 e. The van der Waals surface area contributed by atoms with Gasteiger partial charge in [-0.1, -0.05) is 24.8 Å². The largest absolute Gasteiger partial charge is 0.493 e. The summed E-state index contributed by atoms with van der Waals surface area (Å²) < 4.78 is 17.1. The van der Waals surface area contributed by atoms with E-state index in [9.17, 15) is 9.59 Å². The van der Waals surface area contributed by atoms with Crippen LogP contribution >= 0.6 is 0 Å². The van der Waals surface area contributed by atoms with Crippen LogP contribution in [0.1, 0.15) is 30.4 Å². The van der Waals surface area contributed by atoms with E-state index < -0.39 is 18.0 Å². The first-order valence-electron chi connectivity index (χ1n) is 9.22. The molecule has 150 valence electrons. The molecule has 0 bridgehead atoms. The number of esters is 1. The highest BCUT2D eigenvalue weighted by molar-refractivity contribution is 5.82. The molecule has 0 radical (unpaired) electrons. The lowest BCUT2D eigenvalue weighted by Crippen LogP contribution is -2.25. The number of methoxy groups -OCH3 is 1. The summed E-state index contributed by atoms with van der Waals surface area (Å²) in [6, 6.07) is 3.96. The summed E-state index contributed by atoms with van der Waals surface area (Å²) in [6.07, 6.45) is 2.78. The Bertz CT molecular complexity index is 815. The Balaban J connectivity index is 1.79. The Kier molecular flexibility index (Phi) is 6.04. The van der Waals surface area contributed by atoms with Gasteiger partial charge in [0.2, 0.25) is 0 Å². The van der Waals surface area contributed by atoms with Crippen LogP contribution in [-0.2, 0) is 20.9 Å². The third-order valence-electron chi connectivity index (χ3n) is 4.92. The lowest BCUT2D eigenvalue weighted by molar-refractivity contribution is -0.150. The molecule has 7 heteroatoms. The highest BCUT2D eigenvalue weighted by Crippen LogP contribution is 2.48. The number of carboxylic acids is 1. The molecule has 0 aromatic heterocycles. The molecule has 2 heterocycles. The lowest BCUT2D eigenvalue weighted by Gasteiger charge is -2.20. The molecule has 1 aromatic carbocycles. The Hall–Kier alpha value is -2.80. The van der Waals surface area contributed by atoms with Crippen molar-refractivity contribution in [1.82, 2.24) is 4.90 Å². The van der Waals surface area contributed by atoms with Gasteiger partial charge in [-0.15, -0.1) is 0 Å². The third kappa shape index (κ3) is 4.20. The molecule has 1 aromatic rings. The van der Waals surface area contributed by atoms with Crippen LogP contribution in [0.2, 0.25) is 0 Å². The molecule has 7 nitrogen and oxygen atoms in total. The molecule has 2 atom stereocenters. The van der Waals surface area contributed by atoms with Crippen molar-refractivity contribution < 1.29 is 28.9 Å². The Labute approximate surface area is 164 Å². The van der Waals surface area contributed by atoms with Crippen molar-refractivity contribution in [3.8, 4) is 11.5 Å². The van der Waals surface area contributed by atoms with Crippen molar-refractivity contribution in [3.63, 3.8) is 0 Å². The minimum atomic E-state index is -1.03. The number of aliphatic carboxylic acids is 1. The van der Waals surface area contributed by atoms with E-state index in [4.69, 9.17) is 19.3 Å². The predicted octanol–water partition coefficient (Wildman–Crippen LogP) is 2.64. The highest BCUT2D eigenvalue weighted by Gasteiger charge is 2.36. The monoisotopic (exact) mass is 387 g/mol. The number of carbonyl (C=O) groups excluding carboxylic acids is 1. The molecular weight excluding hydrogens is 362 g/mol. The van der Waals surface area contributed by atoms with E-state index in [-0.39, 0.29) is 18.9 Å². The van der Waals surface area contributed by atoms with Gasteiger partial charge in [-0.3, -0.25) is 14.5 Å². The van der Waals surface area contributed by atoms with E-state index >= 15 is 0 Å². The number of benzene rings is 1. The summed E-state index contributed by atoms with van der Waals surface area (Å²) >= 11 is 0. The van der Waals surface area contributed by atoms with Gasteiger partial charge in [0.1, 0.15) is 12.2 Å². The van der Waals surface area contributed by atoms with Crippen LogP contribution in [0.25, 0.3) is 5.57 Å². The summed E-state index contributed by atoms with van der Waals surface area (Å²) in [4.78, 5) is 24.7. The average molecular weight is 387 g/mol. The van der Waals surface area contributed by atoms with Crippen molar-refractivity contribution in [1.29, 1.82) is 0 Å². The second kappa shape index (κ2) is 8.48. The second-order valence-electron chi connectivity index (χ2n) is 6.99. The van der Waals surface area contributed by atoms with E-state index in [1.54, 1.807) is 13.2 Å². The van der Waals surface area contributed by atoms with Gasteiger partial charge in [-0.2, -0.15) is 0 Å². The summed E-state index contributed by atoms with van der Waals surface area (Å²) in [5.74, 6) is -0.207. The summed E-state index contributed by atoms with van der Waals surface area (Å²) in [5, 5.41) is 8.71. The molecule has 0 saturated carbocycles. The van der Waals surface area contributed by atoms with Crippen molar-refractivity contribution in [2.24, 2.45) is 0 Å². The van der Waals surface area contributed by atoms with Crippen LogP contribution in [0.15, 0.2) is 30.9 Å². The normalized spacial score (nSPS) is 18.9. The summed E-state index contributed by atoms with van der Waals surface area (Å²) in [6.45, 7) is 5.33. The first-order chi connectivity index (χ1) is 13.4. The molecule has 0 amide bonds. The fourth-order valence-electron chi connectivity index (χ4n) is 3.56. The number of nitrogens with zero attached hydrogens (tertiary/aromatic N) is 1. The van der Waals surface area contributed by atoms with Gasteiger partial charge in [0, 0.05) is 30.6 Å². The fourth-order valence-corrected chi connectivity index (χ4v) is 3.56. The maximum absolute atomic E-state index is 11.9. The van der Waals surface area contributed by atoms with Gasteiger partial charge in [0.25, 0.3) is 0 Å². The first kappa shape index (κ1) is 19.9. The van der Waals surface area contributed by atoms with E-state index in [0.29, 0.717) is 17.9 Å². The molecule has 0 fully saturated rings. The number of carboxylic acid groups (broad SMARTS) is 1. The Morgan fingerprint density at radius 1 is 1.43 bits per heavy atom. The standard InChI is InChI=1S/C21H25NO6/c1-4-14(27-19(25)8-7-18(23)24)11-17-15-9-10-22(2)12-13-5-6-16(26-3)21(28-17)20(13)15/h4-6,9,14,17H,1,7-8,10-12H2,2-3H3,(H,23,24)/t14-,17-/m0/s1. The van der Waals surface area contributed by atoms with E-state index in [0.717, 1.165) is 29.8 Å². The number of ether oxygens (including phenoxy) is 3. The van der Waals surface area contributed by atoms with Crippen LogP contribution in [0.4, 0.5) is 0 Å². The van der Waals surface area contributed by atoms with Gasteiger partial charge in [-0.05, 0) is 18.7 Å². The second-order valence-corrected chi connectivity index (χ2v) is 6.99. The molecule has 0 saturated heterocycles. The van der Waals surface area contributed by atoms with Crippen LogP contribution in [0, 0.1) is 0 Å². The topological polar surface area (TPSA) is 85.3 Å². The van der Waals surface area contributed by atoms with Crippen molar-refractivity contribution in [3.05, 3.63) is 42.0 Å². The SMILES string of the molecule is C=C[C@@H](C[C@@H]1Oc2c(OC)ccc3c2C1=CCN(C)C3)OC(=O)CCC(=O)O. The van der Waals surface area contributed by atoms with Gasteiger partial charge >= 0.3 is 11.9 Å². The maximum Gasteiger partial charge on any atom is 0.306 e. The summed E-state index contributed by atoms with van der Waals surface area (Å²) in [5.41, 5.74) is 3.27. The fraction of sp³-hybridized carbons (Fsp3) is 0.429. The summed E-state index contributed by atoms with van der Waals surface area (Å²) in [7, 11) is 3.67. The lowest BCUT2D eigenvalue weighted by atomic mass is 9.95. The number of hydrogen-bond acceptors (Lipinski definition) is 6. The Morgan fingerprint density at radius 3 is 2.89 bits per heavy atom. The zero-order chi connectivity index (χ0) is 20.3. The maximum atomic E-state index is 11.9. The van der Waals surface area contributed by atoms with Crippen molar-refractivity contribution in [2.45, 2.75) is 38.0 Å². The Morgan fingerprint density at radius 2 is 2.21 bits per heavy atom. The van der Waals surface area contributed by atoms with Gasteiger partial charge in [0.05, 0.1) is 20.0 Å². The zero-order valence-electron chi connectivity index (χ0n) is 16.1. The number of likely N-dealkylation sites (N-methyl/N-ethyl adjacent to an activating group) is 1. The predicted molar refractivity (Wildman–Crippen MR) is 103 cm³/mol. The molecule has 0 unspecified atom stereocenters. The zero-order valence-corrected chi connectivity index (χ0v) is 16.1. The van der Waals surface area contributed by atoms with E-state index in [2.05, 4.69) is 30.7 Å². The van der Waals surface area contributed by atoms with E-state index in [1.807, 2.05) is 6.07 Å². The third-order valence-corrected chi connectivity index (χ3v) is 4.92. The van der Waals surface area contributed by atoms with Crippen LogP contribution in [0.5, 0.6) is 11.5 Å². The van der Waals surface area contributed by atoms with E-state index in [1.165, 1.54) is 0 Å². The van der Waals surface area contributed by atoms with Crippen LogP contribution in [-0.4, -0.2) is 54.9 Å². The molecular formula is C21H25NO6. The van der Waals surface area contributed by atoms with Crippen molar-refractivity contribution >= 4 is 17.5 Å². The van der Waals surface area contributed by atoms with Gasteiger partial charge < -0.3 is 19.3 Å². The van der Waals surface area contributed by atoms with Crippen LogP contribution < -0.4 is 9.47 Å². The minimum absolute atomic E-state index is 0.170. The molecule has 2 aliphatic heterocycles. The number of carbonyl (C=O) groups is 2. The molecule has 0 aliphatic carbocycles.